The van der Waals surface area contributed by atoms with Crippen molar-refractivity contribution < 1.29 is 4.79 Å². The van der Waals surface area contributed by atoms with Gasteiger partial charge in [0.15, 0.2) is 3.95 Å². The smallest absolute Gasteiger partial charge is 0.224 e. The topological polar surface area (TPSA) is 58.9 Å². The summed E-state index contributed by atoms with van der Waals surface area (Å²) in [6.07, 6.45) is 0. The van der Waals surface area contributed by atoms with Gasteiger partial charge in [0.1, 0.15) is 0 Å². The molecule has 0 spiro atoms. The van der Waals surface area contributed by atoms with E-state index in [4.69, 9.17) is 18.0 Å². The molecule has 0 aliphatic carbocycles. The summed E-state index contributed by atoms with van der Waals surface area (Å²) in [5.41, 5.74) is 7.19. The lowest BCUT2D eigenvalue weighted by Gasteiger charge is -2.06. The van der Waals surface area contributed by atoms with Gasteiger partial charge in [-0.15, -0.1) is 11.3 Å². The van der Waals surface area contributed by atoms with Crippen LogP contribution >= 0.6 is 23.6 Å². The second-order valence-corrected chi connectivity index (χ2v) is 5.11. The highest BCUT2D eigenvalue weighted by Gasteiger charge is 2.12. The quantitative estimate of drug-likeness (QED) is 0.790. The third-order valence-electron chi connectivity index (χ3n) is 2.37. The van der Waals surface area contributed by atoms with E-state index >= 15 is 0 Å². The Balaban J connectivity index is 2.55. The number of primary amides is 1. The van der Waals surface area contributed by atoms with Gasteiger partial charge in [-0.2, -0.15) is 0 Å². The Morgan fingerprint density at radius 1 is 1.60 bits per heavy atom. The van der Waals surface area contributed by atoms with Crippen molar-refractivity contribution in [1.29, 1.82) is 0 Å². The highest BCUT2D eigenvalue weighted by Crippen LogP contribution is 2.24. The molecular weight excluding hydrogens is 228 g/mol. The van der Waals surface area contributed by atoms with E-state index in [-0.39, 0.29) is 11.8 Å². The Hall–Kier alpha value is -1.20. The first-order chi connectivity index (χ1) is 7.08. The molecule has 1 atom stereocenters. The minimum atomic E-state index is -0.312. The van der Waals surface area contributed by atoms with Crippen molar-refractivity contribution in [1.82, 2.24) is 4.98 Å². The van der Waals surface area contributed by atoms with E-state index in [0.717, 1.165) is 19.7 Å². The first-order valence-corrected chi connectivity index (χ1v) is 5.72. The molecule has 1 unspecified atom stereocenters. The lowest BCUT2D eigenvalue weighted by atomic mass is 10.0. The molecule has 1 aromatic heterocycles. The number of hydrogen-bond acceptors (Lipinski definition) is 3. The number of aromatic nitrogens is 1. The molecule has 0 saturated heterocycles. The van der Waals surface area contributed by atoms with Gasteiger partial charge < -0.3 is 10.7 Å². The molecule has 2 rings (SSSR count). The Bertz CT molecular complexity index is 570. The van der Waals surface area contributed by atoms with Crippen molar-refractivity contribution in [3.63, 3.8) is 0 Å². The van der Waals surface area contributed by atoms with Crippen LogP contribution in [0.25, 0.3) is 10.2 Å². The van der Waals surface area contributed by atoms with Crippen molar-refractivity contribution in [3.8, 4) is 0 Å². The largest absolute Gasteiger partial charge is 0.369 e. The summed E-state index contributed by atoms with van der Waals surface area (Å²) in [6.45, 7) is 1.80. The summed E-state index contributed by atoms with van der Waals surface area (Å²) in [5.74, 6) is -0.571. The third kappa shape index (κ3) is 1.93. The van der Waals surface area contributed by atoms with Gasteiger partial charge in [-0.05, 0) is 36.8 Å². The van der Waals surface area contributed by atoms with Crippen LogP contribution in [0.3, 0.4) is 0 Å². The second kappa shape index (κ2) is 3.75. The average Bonchev–Trinajstić information content (AvgIpc) is 2.55. The van der Waals surface area contributed by atoms with E-state index in [0.29, 0.717) is 0 Å². The number of nitrogens with one attached hydrogen (secondary N) is 1. The molecule has 0 fully saturated rings. The van der Waals surface area contributed by atoms with Gasteiger partial charge in [0.05, 0.1) is 16.1 Å². The lowest BCUT2D eigenvalue weighted by Crippen LogP contribution is -2.18. The Labute approximate surface area is 95.9 Å². The van der Waals surface area contributed by atoms with Crippen molar-refractivity contribution in [3.05, 3.63) is 27.7 Å². The number of aromatic amines is 1. The van der Waals surface area contributed by atoms with Gasteiger partial charge in [0.25, 0.3) is 0 Å². The molecule has 0 aliphatic heterocycles. The number of rotatable bonds is 2. The van der Waals surface area contributed by atoms with Gasteiger partial charge in [0, 0.05) is 0 Å². The molecule has 3 nitrogen and oxygen atoms in total. The number of amides is 1. The molecule has 0 saturated carbocycles. The monoisotopic (exact) mass is 238 g/mol. The summed E-state index contributed by atoms with van der Waals surface area (Å²) in [7, 11) is 0. The molecule has 2 aromatic rings. The Morgan fingerprint density at radius 2 is 2.33 bits per heavy atom. The number of thiazole rings is 1. The molecule has 1 amide bonds. The van der Waals surface area contributed by atoms with Crippen molar-refractivity contribution in [2.24, 2.45) is 5.73 Å². The predicted octanol–water partition coefficient (Wildman–Crippen LogP) is 2.55. The summed E-state index contributed by atoms with van der Waals surface area (Å²) in [4.78, 5) is 14.1. The number of H-pyrrole nitrogens is 1. The van der Waals surface area contributed by atoms with Crippen LogP contribution in [0.15, 0.2) is 18.2 Å². The molecule has 15 heavy (non-hydrogen) atoms. The third-order valence-corrected chi connectivity index (χ3v) is 3.57. The van der Waals surface area contributed by atoms with E-state index in [1.165, 1.54) is 11.3 Å². The number of benzene rings is 1. The van der Waals surface area contributed by atoms with Crippen LogP contribution in [0.5, 0.6) is 0 Å². The van der Waals surface area contributed by atoms with Crippen LogP contribution in [0.4, 0.5) is 0 Å². The Kier molecular flexibility index (Phi) is 2.58. The summed E-state index contributed by atoms with van der Waals surface area (Å²) < 4.78 is 1.81. The first-order valence-electron chi connectivity index (χ1n) is 4.50. The number of nitrogens with two attached hydrogens (primary N) is 1. The predicted molar refractivity (Wildman–Crippen MR) is 64.6 cm³/mol. The fourth-order valence-electron chi connectivity index (χ4n) is 1.40. The van der Waals surface area contributed by atoms with Crippen molar-refractivity contribution in [2.75, 3.05) is 0 Å². The molecule has 3 N–H and O–H groups in total. The standard InChI is InChI=1S/C10H10N2OS2/c1-5(9(11)13)6-2-3-7-8(4-6)15-10(14)12-7/h2-5H,1H3,(H2,11,13)(H,12,14). The van der Waals surface area contributed by atoms with Gasteiger partial charge in [0.2, 0.25) is 5.91 Å². The summed E-state index contributed by atoms with van der Waals surface area (Å²) in [6, 6.07) is 5.79. The van der Waals surface area contributed by atoms with Crippen LogP contribution in [-0.4, -0.2) is 10.9 Å². The van der Waals surface area contributed by atoms with Crippen LogP contribution in [0.2, 0.25) is 0 Å². The maximum atomic E-state index is 11.0. The molecule has 0 aliphatic rings. The average molecular weight is 238 g/mol. The maximum absolute atomic E-state index is 11.0. The SMILES string of the molecule is CC(C(N)=O)c1ccc2[nH]c(=S)sc2c1. The van der Waals surface area contributed by atoms with Crippen molar-refractivity contribution >= 4 is 39.7 Å². The number of carbonyl (C=O) groups is 1. The van der Waals surface area contributed by atoms with Gasteiger partial charge in [-0.25, -0.2) is 0 Å². The number of fused-ring (bicyclic) bond motifs is 1. The molecule has 0 bridgehead atoms. The van der Waals surface area contributed by atoms with E-state index in [1.807, 2.05) is 18.2 Å². The number of carbonyl (C=O) groups excluding carboxylic acids is 1. The van der Waals surface area contributed by atoms with E-state index < -0.39 is 0 Å². The zero-order valence-corrected chi connectivity index (χ0v) is 9.74. The zero-order valence-electron chi connectivity index (χ0n) is 8.11. The molecule has 1 heterocycles. The molecule has 78 valence electrons. The fraction of sp³-hybridized carbons (Fsp3) is 0.200. The summed E-state index contributed by atoms with van der Waals surface area (Å²) >= 11 is 6.55. The van der Waals surface area contributed by atoms with Crippen molar-refractivity contribution in [2.45, 2.75) is 12.8 Å². The second-order valence-electron chi connectivity index (χ2n) is 3.39. The van der Waals surface area contributed by atoms with Gasteiger partial charge in [-0.1, -0.05) is 6.07 Å². The summed E-state index contributed by atoms with van der Waals surface area (Å²) in [5, 5.41) is 0. The van der Waals surface area contributed by atoms with Gasteiger partial charge >= 0.3 is 0 Å². The van der Waals surface area contributed by atoms with Crippen LogP contribution in [0.1, 0.15) is 18.4 Å². The first kappa shape index (κ1) is 10.3. The molecule has 5 heteroatoms. The van der Waals surface area contributed by atoms with E-state index in [2.05, 4.69) is 4.98 Å². The highest BCUT2D eigenvalue weighted by molar-refractivity contribution is 7.73. The minimum Gasteiger partial charge on any atom is -0.369 e. The zero-order chi connectivity index (χ0) is 11.0. The molecule has 1 aromatic carbocycles. The van der Waals surface area contributed by atoms with E-state index in [1.54, 1.807) is 6.92 Å². The van der Waals surface area contributed by atoms with Crippen LogP contribution < -0.4 is 5.73 Å². The van der Waals surface area contributed by atoms with Gasteiger partial charge in [-0.3, -0.25) is 4.79 Å². The normalized spacial score (nSPS) is 12.9. The highest BCUT2D eigenvalue weighted by atomic mass is 32.1. The van der Waals surface area contributed by atoms with E-state index in [9.17, 15) is 4.79 Å². The maximum Gasteiger partial charge on any atom is 0.224 e. The lowest BCUT2D eigenvalue weighted by molar-refractivity contribution is -0.119. The minimum absolute atomic E-state index is 0.259. The fourth-order valence-corrected chi connectivity index (χ4v) is 2.56. The number of hydrogen-bond donors (Lipinski definition) is 2. The molecule has 0 radical (unpaired) electrons. The molecular formula is C10H10N2OS2. The van der Waals surface area contributed by atoms with Crippen LogP contribution in [0, 0.1) is 3.95 Å². The Morgan fingerprint density at radius 3 is 3.00 bits per heavy atom. The van der Waals surface area contributed by atoms with Crippen LogP contribution in [-0.2, 0) is 4.79 Å².